The molecule has 0 bridgehead atoms. The van der Waals surface area contributed by atoms with Crippen LogP contribution in [0.3, 0.4) is 0 Å². The van der Waals surface area contributed by atoms with Gasteiger partial charge >= 0.3 is 0 Å². The lowest BCUT2D eigenvalue weighted by Gasteiger charge is -2.22. The van der Waals surface area contributed by atoms with Crippen LogP contribution < -0.4 is 10.9 Å². The maximum Gasteiger partial charge on any atom is 0.258 e. The quantitative estimate of drug-likeness (QED) is 0.602. The SMILES string of the molecule is CCCN(Cc1nc2cc(Cl)ccc2c(=O)[nH]1)C(=O)CNC(=O)c1ccccc1F. The van der Waals surface area contributed by atoms with Crippen LogP contribution >= 0.6 is 11.6 Å². The number of amides is 2. The zero-order chi connectivity index (χ0) is 21.7. The zero-order valence-electron chi connectivity index (χ0n) is 16.2. The summed E-state index contributed by atoms with van der Waals surface area (Å²) >= 11 is 5.98. The Kier molecular flexibility index (Phi) is 6.79. The van der Waals surface area contributed by atoms with Crippen LogP contribution in [0, 0.1) is 5.82 Å². The number of H-pyrrole nitrogens is 1. The number of aromatic amines is 1. The van der Waals surface area contributed by atoms with Crippen molar-refractivity contribution in [1.82, 2.24) is 20.2 Å². The van der Waals surface area contributed by atoms with E-state index in [1.807, 2.05) is 6.92 Å². The van der Waals surface area contributed by atoms with Crippen LogP contribution in [0.25, 0.3) is 10.9 Å². The summed E-state index contributed by atoms with van der Waals surface area (Å²) in [5.41, 5.74) is -0.0360. The third kappa shape index (κ3) is 5.01. The number of carbonyl (C=O) groups is 2. The van der Waals surface area contributed by atoms with E-state index in [4.69, 9.17) is 11.6 Å². The molecule has 1 heterocycles. The number of benzene rings is 2. The summed E-state index contributed by atoms with van der Waals surface area (Å²) in [5.74, 6) is -1.42. The lowest BCUT2D eigenvalue weighted by atomic mass is 10.2. The predicted octanol–water partition coefficient (Wildman–Crippen LogP) is 2.88. The van der Waals surface area contributed by atoms with Crippen molar-refractivity contribution in [2.75, 3.05) is 13.1 Å². The average Bonchev–Trinajstić information content (AvgIpc) is 2.71. The van der Waals surface area contributed by atoms with E-state index in [1.165, 1.54) is 29.2 Å². The van der Waals surface area contributed by atoms with Gasteiger partial charge in [-0.2, -0.15) is 0 Å². The number of aromatic nitrogens is 2. The van der Waals surface area contributed by atoms with Crippen LogP contribution in [0.5, 0.6) is 0 Å². The maximum absolute atomic E-state index is 13.7. The van der Waals surface area contributed by atoms with E-state index >= 15 is 0 Å². The van der Waals surface area contributed by atoms with Crippen molar-refractivity contribution in [1.29, 1.82) is 0 Å². The van der Waals surface area contributed by atoms with E-state index in [0.717, 1.165) is 0 Å². The summed E-state index contributed by atoms with van der Waals surface area (Å²) in [4.78, 5) is 45.6. The van der Waals surface area contributed by atoms with Crippen molar-refractivity contribution < 1.29 is 14.0 Å². The first-order valence-corrected chi connectivity index (χ1v) is 9.75. The van der Waals surface area contributed by atoms with Crippen LogP contribution in [0.2, 0.25) is 5.02 Å². The van der Waals surface area contributed by atoms with Gasteiger partial charge in [0, 0.05) is 11.6 Å². The van der Waals surface area contributed by atoms with Gasteiger partial charge in [0.15, 0.2) is 0 Å². The van der Waals surface area contributed by atoms with Crippen molar-refractivity contribution in [2.45, 2.75) is 19.9 Å². The summed E-state index contributed by atoms with van der Waals surface area (Å²) in [6, 6.07) is 10.3. The molecule has 9 heteroatoms. The Morgan fingerprint density at radius 1 is 1.23 bits per heavy atom. The number of carbonyl (C=O) groups excluding carboxylic acids is 2. The van der Waals surface area contributed by atoms with Crippen molar-refractivity contribution in [3.05, 3.63) is 75.0 Å². The van der Waals surface area contributed by atoms with Gasteiger partial charge in [-0.3, -0.25) is 14.4 Å². The highest BCUT2D eigenvalue weighted by atomic mass is 35.5. The number of halogens is 2. The largest absolute Gasteiger partial charge is 0.343 e. The standard InChI is InChI=1S/C21H20ClFN4O3/c1-2-9-27(19(28)11-24-20(29)14-5-3-4-6-16(14)23)12-18-25-17-10-13(22)7-8-15(17)21(30)26-18/h3-8,10H,2,9,11-12H2,1H3,(H,24,29)(H,25,26,30). The van der Waals surface area contributed by atoms with E-state index in [1.54, 1.807) is 18.2 Å². The fourth-order valence-electron chi connectivity index (χ4n) is 2.99. The molecule has 0 aliphatic heterocycles. The van der Waals surface area contributed by atoms with Crippen LogP contribution in [0.4, 0.5) is 4.39 Å². The summed E-state index contributed by atoms with van der Waals surface area (Å²) in [5, 5.41) is 3.28. The normalized spacial score (nSPS) is 10.8. The van der Waals surface area contributed by atoms with Crippen molar-refractivity contribution in [2.24, 2.45) is 0 Å². The number of nitrogens with one attached hydrogen (secondary N) is 2. The lowest BCUT2D eigenvalue weighted by Crippen LogP contribution is -2.41. The Balaban J connectivity index is 1.73. The minimum atomic E-state index is -0.676. The number of nitrogens with zero attached hydrogens (tertiary/aromatic N) is 2. The number of rotatable bonds is 7. The zero-order valence-corrected chi connectivity index (χ0v) is 17.0. The molecule has 0 atom stereocenters. The molecule has 1 aromatic heterocycles. The topological polar surface area (TPSA) is 95.2 Å². The van der Waals surface area contributed by atoms with Crippen LogP contribution in [0.15, 0.2) is 47.3 Å². The van der Waals surface area contributed by atoms with E-state index in [-0.39, 0.29) is 30.1 Å². The van der Waals surface area contributed by atoms with Gasteiger partial charge < -0.3 is 15.2 Å². The molecular weight excluding hydrogens is 411 g/mol. The van der Waals surface area contributed by atoms with Gasteiger partial charge in [0.25, 0.3) is 11.5 Å². The maximum atomic E-state index is 13.7. The summed E-state index contributed by atoms with van der Waals surface area (Å²) in [6.45, 7) is 2.04. The third-order valence-corrected chi connectivity index (χ3v) is 4.66. The fourth-order valence-corrected chi connectivity index (χ4v) is 3.15. The second-order valence-corrected chi connectivity index (χ2v) is 7.09. The molecule has 0 spiro atoms. The molecule has 3 rings (SSSR count). The van der Waals surface area contributed by atoms with Crippen molar-refractivity contribution >= 4 is 34.3 Å². The Morgan fingerprint density at radius 2 is 2.00 bits per heavy atom. The van der Waals surface area contributed by atoms with Gasteiger partial charge in [0.05, 0.1) is 29.6 Å². The Labute approximate surface area is 176 Å². The molecule has 30 heavy (non-hydrogen) atoms. The van der Waals surface area contributed by atoms with E-state index in [2.05, 4.69) is 15.3 Å². The second-order valence-electron chi connectivity index (χ2n) is 6.65. The number of hydrogen-bond acceptors (Lipinski definition) is 4. The monoisotopic (exact) mass is 430 g/mol. The average molecular weight is 431 g/mol. The molecule has 2 amide bonds. The van der Waals surface area contributed by atoms with E-state index in [9.17, 15) is 18.8 Å². The van der Waals surface area contributed by atoms with Crippen molar-refractivity contribution in [3.8, 4) is 0 Å². The summed E-state index contributed by atoms with van der Waals surface area (Å²) in [6.07, 6.45) is 0.663. The van der Waals surface area contributed by atoms with E-state index < -0.39 is 11.7 Å². The number of hydrogen-bond donors (Lipinski definition) is 2. The Hall–Kier alpha value is -3.26. The second kappa shape index (κ2) is 9.49. The first-order chi connectivity index (χ1) is 14.4. The van der Waals surface area contributed by atoms with Gasteiger partial charge in [0.2, 0.25) is 5.91 Å². The fraction of sp³-hybridized carbons (Fsp3) is 0.238. The van der Waals surface area contributed by atoms with Crippen LogP contribution in [-0.4, -0.2) is 39.8 Å². The molecule has 0 aliphatic carbocycles. The molecular formula is C21H20ClFN4O3. The molecule has 0 saturated heterocycles. The minimum absolute atomic E-state index is 0.0555. The molecule has 0 fully saturated rings. The van der Waals surface area contributed by atoms with Gasteiger partial charge in [0.1, 0.15) is 11.6 Å². The number of fused-ring (bicyclic) bond motifs is 1. The predicted molar refractivity (Wildman–Crippen MR) is 112 cm³/mol. The molecule has 2 N–H and O–H groups in total. The Morgan fingerprint density at radius 3 is 2.73 bits per heavy atom. The first-order valence-electron chi connectivity index (χ1n) is 9.38. The van der Waals surface area contributed by atoms with Crippen LogP contribution in [-0.2, 0) is 11.3 Å². The highest BCUT2D eigenvalue weighted by Gasteiger charge is 2.18. The molecule has 0 saturated carbocycles. The minimum Gasteiger partial charge on any atom is -0.343 e. The lowest BCUT2D eigenvalue weighted by molar-refractivity contribution is -0.130. The molecule has 0 aliphatic rings. The molecule has 3 aromatic rings. The van der Waals surface area contributed by atoms with Gasteiger partial charge in [-0.25, -0.2) is 9.37 Å². The smallest absolute Gasteiger partial charge is 0.258 e. The van der Waals surface area contributed by atoms with Gasteiger partial charge in [-0.05, 0) is 36.8 Å². The molecule has 7 nitrogen and oxygen atoms in total. The van der Waals surface area contributed by atoms with Gasteiger partial charge in [-0.1, -0.05) is 30.7 Å². The first kappa shape index (κ1) is 21.4. The summed E-state index contributed by atoms with van der Waals surface area (Å²) < 4.78 is 13.7. The van der Waals surface area contributed by atoms with Crippen LogP contribution in [0.1, 0.15) is 29.5 Å². The van der Waals surface area contributed by atoms with E-state index in [0.29, 0.717) is 34.7 Å². The highest BCUT2D eigenvalue weighted by molar-refractivity contribution is 6.31. The highest BCUT2D eigenvalue weighted by Crippen LogP contribution is 2.15. The Bertz CT molecular complexity index is 1150. The molecule has 0 radical (unpaired) electrons. The molecule has 0 unspecified atom stereocenters. The van der Waals surface area contributed by atoms with Crippen molar-refractivity contribution in [3.63, 3.8) is 0 Å². The molecule has 2 aromatic carbocycles. The molecule has 156 valence electrons. The third-order valence-electron chi connectivity index (χ3n) is 4.42. The summed E-state index contributed by atoms with van der Waals surface area (Å²) in [7, 11) is 0. The van der Waals surface area contributed by atoms with Gasteiger partial charge in [-0.15, -0.1) is 0 Å².